The van der Waals surface area contributed by atoms with E-state index in [0.717, 1.165) is 36.1 Å². The van der Waals surface area contributed by atoms with Gasteiger partial charge in [0.05, 0.1) is 16.7 Å². The molecule has 0 spiro atoms. The molecule has 2 heterocycles. The van der Waals surface area contributed by atoms with Crippen molar-refractivity contribution in [3.05, 3.63) is 41.5 Å². The Bertz CT molecular complexity index is 1090. The van der Waals surface area contributed by atoms with Crippen LogP contribution in [0.15, 0.2) is 35.2 Å². The molecular formula is C24H29N3O5S. The third-order valence-electron chi connectivity index (χ3n) is 7.44. The predicted octanol–water partition coefficient (Wildman–Crippen LogP) is 1.35. The summed E-state index contributed by atoms with van der Waals surface area (Å²) in [6.45, 7) is 0.619. The van der Waals surface area contributed by atoms with Gasteiger partial charge in [-0.05, 0) is 61.8 Å². The number of rotatable bonds is 4. The summed E-state index contributed by atoms with van der Waals surface area (Å²) in [6.07, 6.45) is 9.04. The van der Waals surface area contributed by atoms with E-state index in [4.69, 9.17) is 0 Å². The Morgan fingerprint density at radius 1 is 0.879 bits per heavy atom. The highest BCUT2D eigenvalue weighted by atomic mass is 32.2. The number of amides is 3. The van der Waals surface area contributed by atoms with Crippen molar-refractivity contribution in [2.24, 2.45) is 11.8 Å². The van der Waals surface area contributed by atoms with Gasteiger partial charge in [0.1, 0.15) is 6.54 Å². The number of benzene rings is 1. The maximum atomic E-state index is 13.2. The lowest BCUT2D eigenvalue weighted by Crippen LogP contribution is -2.53. The molecule has 3 amide bonds. The van der Waals surface area contributed by atoms with Gasteiger partial charge in [-0.1, -0.05) is 18.2 Å². The van der Waals surface area contributed by atoms with Crippen LogP contribution >= 0.6 is 0 Å². The minimum Gasteiger partial charge on any atom is -0.338 e. The molecule has 0 N–H and O–H groups in total. The summed E-state index contributed by atoms with van der Waals surface area (Å²) in [5, 5.41) is 0. The molecule has 1 aromatic carbocycles. The fraction of sp³-hybridized carbons (Fsp3) is 0.542. The molecule has 2 fully saturated rings. The van der Waals surface area contributed by atoms with Gasteiger partial charge >= 0.3 is 0 Å². The number of fused-ring (bicyclic) bond motifs is 2. The fourth-order valence-corrected chi connectivity index (χ4v) is 6.93. The molecule has 0 radical (unpaired) electrons. The minimum absolute atomic E-state index is 0.197. The second-order valence-electron chi connectivity index (χ2n) is 9.34. The molecule has 33 heavy (non-hydrogen) atoms. The average Bonchev–Trinajstić information content (AvgIpc) is 3.08. The molecule has 5 rings (SSSR count). The molecule has 176 valence electrons. The Hall–Kier alpha value is -2.52. The second kappa shape index (κ2) is 8.68. The van der Waals surface area contributed by atoms with E-state index in [-0.39, 0.29) is 62.3 Å². The van der Waals surface area contributed by atoms with Crippen LogP contribution < -0.4 is 0 Å². The number of hydrogen-bond donors (Lipinski definition) is 0. The van der Waals surface area contributed by atoms with Crippen LogP contribution in [0.1, 0.15) is 36.8 Å². The summed E-state index contributed by atoms with van der Waals surface area (Å²) in [6, 6.07) is 5.43. The number of allylic oxidation sites excluding steroid dienone is 2. The van der Waals surface area contributed by atoms with E-state index in [1.54, 1.807) is 17.0 Å². The lowest BCUT2D eigenvalue weighted by atomic mass is 9.85. The predicted molar refractivity (Wildman–Crippen MR) is 120 cm³/mol. The lowest BCUT2D eigenvalue weighted by molar-refractivity contribution is -0.147. The van der Waals surface area contributed by atoms with Crippen molar-refractivity contribution in [2.75, 3.05) is 32.7 Å². The molecule has 2 atom stereocenters. The first-order valence-electron chi connectivity index (χ1n) is 11.8. The topological polar surface area (TPSA) is 95.1 Å². The van der Waals surface area contributed by atoms with Crippen molar-refractivity contribution in [3.8, 4) is 0 Å². The number of carbonyl (C=O) groups is 3. The Morgan fingerprint density at radius 3 is 2.12 bits per heavy atom. The van der Waals surface area contributed by atoms with Crippen LogP contribution in [0.25, 0.3) is 0 Å². The smallest absolute Gasteiger partial charge is 0.243 e. The van der Waals surface area contributed by atoms with Crippen molar-refractivity contribution >= 4 is 27.7 Å². The van der Waals surface area contributed by atoms with Crippen molar-refractivity contribution in [1.29, 1.82) is 0 Å². The number of sulfonamides is 1. The van der Waals surface area contributed by atoms with Crippen molar-refractivity contribution in [1.82, 2.24) is 14.1 Å². The molecule has 2 aliphatic heterocycles. The maximum absolute atomic E-state index is 13.2. The van der Waals surface area contributed by atoms with Crippen LogP contribution in [0.4, 0.5) is 0 Å². The van der Waals surface area contributed by atoms with Crippen molar-refractivity contribution in [3.63, 3.8) is 0 Å². The molecule has 0 aromatic heterocycles. The number of piperazine rings is 1. The van der Waals surface area contributed by atoms with Crippen molar-refractivity contribution < 1.29 is 22.8 Å². The zero-order valence-electron chi connectivity index (χ0n) is 18.6. The number of nitrogens with zero attached hydrogens (tertiary/aromatic N) is 3. The normalized spacial score (nSPS) is 25.8. The number of hydrogen-bond acceptors (Lipinski definition) is 5. The van der Waals surface area contributed by atoms with Gasteiger partial charge in [0, 0.05) is 26.2 Å². The first-order chi connectivity index (χ1) is 15.9. The number of carbonyl (C=O) groups excluding carboxylic acids is 3. The molecule has 0 unspecified atom stereocenters. The van der Waals surface area contributed by atoms with Crippen LogP contribution in [0.3, 0.4) is 0 Å². The monoisotopic (exact) mass is 471 g/mol. The van der Waals surface area contributed by atoms with Gasteiger partial charge in [-0.25, -0.2) is 8.42 Å². The van der Waals surface area contributed by atoms with Crippen molar-refractivity contribution in [2.45, 2.75) is 43.4 Å². The average molecular weight is 472 g/mol. The van der Waals surface area contributed by atoms with Gasteiger partial charge < -0.3 is 4.90 Å². The first-order valence-corrected chi connectivity index (χ1v) is 13.2. The zero-order chi connectivity index (χ0) is 23.2. The molecule has 2 saturated heterocycles. The van der Waals surface area contributed by atoms with Gasteiger partial charge in [-0.15, -0.1) is 0 Å². The van der Waals surface area contributed by atoms with Gasteiger partial charge in [0.15, 0.2) is 0 Å². The van der Waals surface area contributed by atoms with Crippen LogP contribution in [0, 0.1) is 11.8 Å². The highest BCUT2D eigenvalue weighted by Gasteiger charge is 2.48. The number of imide groups is 1. The first kappa shape index (κ1) is 22.3. The van der Waals surface area contributed by atoms with E-state index in [9.17, 15) is 22.8 Å². The Balaban J connectivity index is 1.21. The van der Waals surface area contributed by atoms with Crippen LogP contribution in [-0.2, 0) is 37.2 Å². The van der Waals surface area contributed by atoms with Gasteiger partial charge in [-0.3, -0.25) is 19.3 Å². The maximum Gasteiger partial charge on any atom is 0.243 e. The second-order valence-corrected chi connectivity index (χ2v) is 11.3. The van der Waals surface area contributed by atoms with E-state index in [0.29, 0.717) is 17.7 Å². The summed E-state index contributed by atoms with van der Waals surface area (Å²) in [7, 11) is -3.63. The third kappa shape index (κ3) is 4.01. The summed E-state index contributed by atoms with van der Waals surface area (Å²) in [5.41, 5.74) is 2.35. The third-order valence-corrected chi connectivity index (χ3v) is 9.34. The number of likely N-dealkylation sites (tertiary alicyclic amines) is 1. The standard InChI is InChI=1S/C24H29N3O5S/c28-22(16-27-23(29)20-7-3-4-8-21(20)24(27)30)25-11-13-26(14-12-25)33(31,32)19-10-9-17-5-1-2-6-18(17)15-19/h3-4,9-10,15,20-21H,1-2,5-8,11-14,16H2/t20-,21-/m1/s1. The molecule has 1 aromatic rings. The zero-order valence-corrected chi connectivity index (χ0v) is 19.4. The Kier molecular flexibility index (Phi) is 5.86. The number of aryl methyl sites for hydroxylation is 2. The van der Waals surface area contributed by atoms with Crippen LogP contribution in [-0.4, -0.2) is 73.0 Å². The highest BCUT2D eigenvalue weighted by molar-refractivity contribution is 7.89. The summed E-state index contributed by atoms with van der Waals surface area (Å²) in [4.78, 5) is 41.0. The van der Waals surface area contributed by atoms with E-state index in [1.165, 1.54) is 9.87 Å². The Labute approximate surface area is 194 Å². The van der Waals surface area contributed by atoms with Gasteiger partial charge in [-0.2, -0.15) is 4.31 Å². The molecule has 0 saturated carbocycles. The van der Waals surface area contributed by atoms with Gasteiger partial charge in [0.2, 0.25) is 27.7 Å². The van der Waals surface area contributed by atoms with E-state index in [2.05, 4.69) is 0 Å². The molecule has 9 heteroatoms. The van der Waals surface area contributed by atoms with E-state index in [1.807, 2.05) is 18.2 Å². The SMILES string of the molecule is O=C(CN1C(=O)[C@@H]2CC=CC[C@H]2C1=O)N1CCN(S(=O)(=O)c2ccc3c(c2)CCCC3)CC1. The summed E-state index contributed by atoms with van der Waals surface area (Å²) >= 11 is 0. The largest absolute Gasteiger partial charge is 0.338 e. The molecule has 4 aliphatic rings. The molecule has 8 nitrogen and oxygen atoms in total. The molecular weight excluding hydrogens is 442 g/mol. The highest BCUT2D eigenvalue weighted by Crippen LogP contribution is 2.35. The Morgan fingerprint density at radius 2 is 1.48 bits per heavy atom. The quantitative estimate of drug-likeness (QED) is 0.488. The van der Waals surface area contributed by atoms with E-state index >= 15 is 0 Å². The fourth-order valence-electron chi connectivity index (χ4n) is 5.46. The van der Waals surface area contributed by atoms with E-state index < -0.39 is 10.0 Å². The minimum atomic E-state index is -3.63. The van der Waals surface area contributed by atoms with Gasteiger partial charge in [0.25, 0.3) is 0 Å². The van der Waals surface area contributed by atoms with Crippen LogP contribution in [0.5, 0.6) is 0 Å². The lowest BCUT2D eigenvalue weighted by Gasteiger charge is -2.34. The van der Waals surface area contributed by atoms with Crippen LogP contribution in [0.2, 0.25) is 0 Å². The summed E-state index contributed by atoms with van der Waals surface area (Å²) < 4.78 is 27.8. The summed E-state index contributed by atoms with van der Waals surface area (Å²) in [5.74, 6) is -1.55. The molecule has 0 bridgehead atoms. The molecule has 2 aliphatic carbocycles.